The number of halogens is 3. The highest BCUT2D eigenvalue weighted by Crippen LogP contribution is 2.40. The average molecular weight is 304 g/mol. The van der Waals surface area contributed by atoms with Gasteiger partial charge in [-0.25, -0.2) is 4.98 Å². The smallest absolute Gasteiger partial charge is 0.330 e. The lowest BCUT2D eigenvalue weighted by Gasteiger charge is -2.13. The molecule has 1 aromatic carbocycles. The van der Waals surface area contributed by atoms with Crippen LogP contribution in [0.3, 0.4) is 0 Å². The first-order chi connectivity index (χ1) is 9.00. The van der Waals surface area contributed by atoms with Gasteiger partial charge in [-0.15, -0.1) is 11.3 Å². The zero-order valence-electron chi connectivity index (χ0n) is 9.78. The minimum Gasteiger partial charge on any atom is -0.330 e. The second-order valence-electron chi connectivity index (χ2n) is 3.77. The lowest BCUT2D eigenvalue weighted by atomic mass is 10.1. The molecule has 0 fully saturated rings. The van der Waals surface area contributed by atoms with Crippen LogP contribution in [0.5, 0.6) is 0 Å². The van der Waals surface area contributed by atoms with Gasteiger partial charge < -0.3 is 5.73 Å². The molecule has 0 saturated carbocycles. The third-order valence-corrected chi connectivity index (χ3v) is 4.35. The standard InChI is InChI=1S/C12H11F3N2S2/c13-12(14,15)9-7-8(3-4-16)1-2-10(9)19-11-17-5-6-18-11/h1-2,5-7H,3-4,16H2. The van der Waals surface area contributed by atoms with E-state index in [1.54, 1.807) is 17.6 Å². The molecule has 102 valence electrons. The van der Waals surface area contributed by atoms with E-state index in [1.807, 2.05) is 0 Å². The first-order valence-electron chi connectivity index (χ1n) is 5.48. The molecule has 0 radical (unpaired) electrons. The van der Waals surface area contributed by atoms with Crippen LogP contribution in [0.1, 0.15) is 11.1 Å². The van der Waals surface area contributed by atoms with Gasteiger partial charge in [0.2, 0.25) is 0 Å². The molecule has 1 heterocycles. The molecule has 1 aromatic heterocycles. The molecule has 0 amide bonds. The fraction of sp³-hybridized carbons (Fsp3) is 0.250. The quantitative estimate of drug-likeness (QED) is 0.933. The summed E-state index contributed by atoms with van der Waals surface area (Å²) in [6, 6.07) is 4.33. The van der Waals surface area contributed by atoms with Gasteiger partial charge in [0.25, 0.3) is 0 Å². The van der Waals surface area contributed by atoms with Gasteiger partial charge in [-0.2, -0.15) is 13.2 Å². The van der Waals surface area contributed by atoms with Crippen LogP contribution in [0.4, 0.5) is 13.2 Å². The van der Waals surface area contributed by atoms with Crippen molar-refractivity contribution >= 4 is 23.1 Å². The van der Waals surface area contributed by atoms with E-state index in [1.165, 1.54) is 23.5 Å². The highest BCUT2D eigenvalue weighted by Gasteiger charge is 2.34. The molecule has 0 aliphatic rings. The van der Waals surface area contributed by atoms with Crippen molar-refractivity contribution in [3.8, 4) is 0 Å². The minimum absolute atomic E-state index is 0.170. The summed E-state index contributed by atoms with van der Waals surface area (Å²) in [4.78, 5) is 4.16. The van der Waals surface area contributed by atoms with Crippen LogP contribution in [0.15, 0.2) is 39.0 Å². The second kappa shape index (κ2) is 5.94. The maximum atomic E-state index is 13.0. The maximum absolute atomic E-state index is 13.0. The molecule has 0 aliphatic carbocycles. The predicted octanol–water partition coefficient (Wildman–Crippen LogP) is 3.81. The number of aromatic nitrogens is 1. The Bertz CT molecular complexity index is 538. The zero-order valence-corrected chi connectivity index (χ0v) is 11.4. The Hall–Kier alpha value is -1.05. The van der Waals surface area contributed by atoms with Gasteiger partial charge in [-0.1, -0.05) is 17.8 Å². The Kier molecular flexibility index (Phi) is 4.49. The van der Waals surface area contributed by atoms with E-state index < -0.39 is 11.7 Å². The maximum Gasteiger partial charge on any atom is 0.417 e. The summed E-state index contributed by atoms with van der Waals surface area (Å²) in [6.45, 7) is 0.330. The Morgan fingerprint density at radius 1 is 1.32 bits per heavy atom. The largest absolute Gasteiger partial charge is 0.417 e. The normalized spacial score (nSPS) is 11.8. The van der Waals surface area contributed by atoms with E-state index in [0.29, 0.717) is 22.9 Å². The monoisotopic (exact) mass is 304 g/mol. The molecule has 2 N–H and O–H groups in total. The summed E-state index contributed by atoms with van der Waals surface area (Å²) in [5.74, 6) is 0. The molecule has 2 aromatic rings. The number of nitrogens with two attached hydrogens (primary N) is 1. The number of nitrogens with zero attached hydrogens (tertiary/aromatic N) is 1. The van der Waals surface area contributed by atoms with Gasteiger partial charge in [-0.05, 0) is 30.7 Å². The number of benzene rings is 1. The van der Waals surface area contributed by atoms with Crippen LogP contribution in [0, 0.1) is 0 Å². The van der Waals surface area contributed by atoms with Gasteiger partial charge in [-0.3, -0.25) is 0 Å². The highest BCUT2D eigenvalue weighted by atomic mass is 32.2. The molecule has 0 bridgehead atoms. The van der Waals surface area contributed by atoms with E-state index in [9.17, 15) is 13.2 Å². The van der Waals surface area contributed by atoms with E-state index in [4.69, 9.17) is 5.73 Å². The molecule has 0 unspecified atom stereocenters. The van der Waals surface area contributed by atoms with Crippen molar-refractivity contribution < 1.29 is 13.2 Å². The van der Waals surface area contributed by atoms with Crippen LogP contribution in [-0.4, -0.2) is 11.5 Å². The Labute approximate surface area is 116 Å². The number of thiazole rings is 1. The molecule has 2 nitrogen and oxygen atoms in total. The molecular formula is C12H11F3N2S2. The Morgan fingerprint density at radius 3 is 2.68 bits per heavy atom. The van der Waals surface area contributed by atoms with Gasteiger partial charge in [0.05, 0.1) is 5.56 Å². The number of alkyl halides is 3. The van der Waals surface area contributed by atoms with Gasteiger partial charge >= 0.3 is 6.18 Å². The van der Waals surface area contributed by atoms with Crippen LogP contribution < -0.4 is 5.73 Å². The third kappa shape index (κ3) is 3.71. The summed E-state index contributed by atoms with van der Waals surface area (Å²) in [6.07, 6.45) is -2.36. The van der Waals surface area contributed by atoms with E-state index >= 15 is 0 Å². The first kappa shape index (κ1) is 14.4. The van der Waals surface area contributed by atoms with Crippen LogP contribution in [-0.2, 0) is 12.6 Å². The van der Waals surface area contributed by atoms with Crippen molar-refractivity contribution in [2.75, 3.05) is 6.54 Å². The average Bonchev–Trinajstić information content (AvgIpc) is 2.83. The highest BCUT2D eigenvalue weighted by molar-refractivity contribution is 8.01. The second-order valence-corrected chi connectivity index (χ2v) is 5.95. The van der Waals surface area contributed by atoms with Crippen LogP contribution in [0.2, 0.25) is 0 Å². The van der Waals surface area contributed by atoms with Crippen molar-refractivity contribution in [3.63, 3.8) is 0 Å². The van der Waals surface area contributed by atoms with E-state index in [2.05, 4.69) is 4.98 Å². The number of hydrogen-bond donors (Lipinski definition) is 1. The van der Waals surface area contributed by atoms with Crippen molar-refractivity contribution in [2.24, 2.45) is 5.73 Å². The first-order valence-corrected chi connectivity index (χ1v) is 7.18. The zero-order chi connectivity index (χ0) is 13.9. The molecule has 0 aliphatic heterocycles. The van der Waals surface area contributed by atoms with Crippen molar-refractivity contribution in [2.45, 2.75) is 21.8 Å². The topological polar surface area (TPSA) is 38.9 Å². The molecule has 19 heavy (non-hydrogen) atoms. The van der Waals surface area contributed by atoms with Gasteiger partial charge in [0, 0.05) is 16.5 Å². The summed E-state index contributed by atoms with van der Waals surface area (Å²) >= 11 is 2.35. The van der Waals surface area contributed by atoms with Gasteiger partial charge in [0.15, 0.2) is 4.34 Å². The van der Waals surface area contributed by atoms with Crippen molar-refractivity contribution in [1.82, 2.24) is 4.98 Å². The predicted molar refractivity (Wildman–Crippen MR) is 70.4 cm³/mol. The van der Waals surface area contributed by atoms with E-state index in [-0.39, 0.29) is 4.90 Å². The number of rotatable bonds is 4. The molecule has 7 heteroatoms. The van der Waals surface area contributed by atoms with Crippen LogP contribution in [0.25, 0.3) is 0 Å². The summed E-state index contributed by atoms with van der Waals surface area (Å²) < 4.78 is 39.7. The van der Waals surface area contributed by atoms with Crippen LogP contribution >= 0.6 is 23.1 Å². The third-order valence-electron chi connectivity index (χ3n) is 2.39. The molecule has 0 spiro atoms. The fourth-order valence-corrected chi connectivity index (χ4v) is 3.28. The molecular weight excluding hydrogens is 293 g/mol. The lowest BCUT2D eigenvalue weighted by molar-refractivity contribution is -0.139. The Balaban J connectivity index is 2.36. The summed E-state index contributed by atoms with van der Waals surface area (Å²) in [5, 5.41) is 1.73. The summed E-state index contributed by atoms with van der Waals surface area (Å²) in [5.41, 5.74) is 5.34. The van der Waals surface area contributed by atoms with Gasteiger partial charge in [0.1, 0.15) is 0 Å². The minimum atomic E-state index is -4.37. The Morgan fingerprint density at radius 2 is 2.11 bits per heavy atom. The summed E-state index contributed by atoms with van der Waals surface area (Å²) in [7, 11) is 0. The van der Waals surface area contributed by atoms with Crippen molar-refractivity contribution in [3.05, 3.63) is 40.9 Å². The molecule has 0 atom stereocenters. The number of hydrogen-bond acceptors (Lipinski definition) is 4. The fourth-order valence-electron chi connectivity index (χ4n) is 1.56. The molecule has 0 saturated heterocycles. The SMILES string of the molecule is NCCc1ccc(Sc2nccs2)c(C(F)(F)F)c1. The lowest BCUT2D eigenvalue weighted by Crippen LogP contribution is -2.09. The van der Waals surface area contributed by atoms with E-state index in [0.717, 1.165) is 11.8 Å². The van der Waals surface area contributed by atoms with Crippen molar-refractivity contribution in [1.29, 1.82) is 0 Å². The molecule has 2 rings (SSSR count).